The van der Waals surface area contributed by atoms with E-state index in [1.807, 2.05) is 17.0 Å². The van der Waals surface area contributed by atoms with Crippen LogP contribution in [0.5, 0.6) is 0 Å². The lowest BCUT2D eigenvalue weighted by atomic mass is 9.81. The Morgan fingerprint density at radius 3 is 2.81 bits per heavy atom. The summed E-state index contributed by atoms with van der Waals surface area (Å²) in [7, 11) is 1.47. The Kier molecular flexibility index (Phi) is 4.59. The molecule has 0 radical (unpaired) electrons. The highest BCUT2D eigenvalue weighted by atomic mass is 16.5. The number of amides is 1. The van der Waals surface area contributed by atoms with Gasteiger partial charge in [-0.2, -0.15) is 0 Å². The van der Waals surface area contributed by atoms with Crippen LogP contribution in [0.3, 0.4) is 0 Å². The Labute approximate surface area is 154 Å². The standard InChI is InChI=1S/C20H27N3O3/c1-26-19(25)20-9-5-7-15(20)13-23(14-20)17-16(8-6-10-21-17)18(24)22-11-3-2-4-12-22/h6,8,10,15H,2-5,7,9,11-14H2,1H3. The monoisotopic (exact) mass is 357 g/mol. The summed E-state index contributed by atoms with van der Waals surface area (Å²) in [5, 5.41) is 0. The summed E-state index contributed by atoms with van der Waals surface area (Å²) in [6.45, 7) is 3.01. The first kappa shape index (κ1) is 17.3. The van der Waals surface area contributed by atoms with Crippen molar-refractivity contribution >= 4 is 17.7 Å². The Morgan fingerprint density at radius 1 is 1.23 bits per heavy atom. The van der Waals surface area contributed by atoms with Crippen LogP contribution in [0, 0.1) is 11.3 Å². The van der Waals surface area contributed by atoms with E-state index in [4.69, 9.17) is 4.74 Å². The molecule has 6 nitrogen and oxygen atoms in total. The van der Waals surface area contributed by atoms with Crippen LogP contribution in [0.25, 0.3) is 0 Å². The molecule has 3 fully saturated rings. The summed E-state index contributed by atoms with van der Waals surface area (Å²) in [4.78, 5) is 34.2. The minimum absolute atomic E-state index is 0.0666. The molecule has 1 aliphatic carbocycles. The number of pyridine rings is 1. The van der Waals surface area contributed by atoms with Gasteiger partial charge < -0.3 is 14.5 Å². The molecule has 4 rings (SSSR count). The van der Waals surface area contributed by atoms with Gasteiger partial charge in [0.25, 0.3) is 5.91 Å². The van der Waals surface area contributed by atoms with E-state index in [0.717, 1.165) is 57.6 Å². The van der Waals surface area contributed by atoms with E-state index < -0.39 is 5.41 Å². The largest absolute Gasteiger partial charge is 0.469 e. The molecule has 2 unspecified atom stereocenters. The maximum atomic E-state index is 13.1. The van der Waals surface area contributed by atoms with E-state index in [0.29, 0.717) is 12.1 Å². The number of piperidine rings is 1. The van der Waals surface area contributed by atoms with Crippen LogP contribution in [0.15, 0.2) is 18.3 Å². The average Bonchev–Trinajstić information content (AvgIpc) is 3.26. The molecule has 0 spiro atoms. The Balaban J connectivity index is 1.61. The van der Waals surface area contributed by atoms with Crippen molar-refractivity contribution in [3.05, 3.63) is 23.9 Å². The van der Waals surface area contributed by atoms with Crippen LogP contribution < -0.4 is 4.90 Å². The fourth-order valence-electron chi connectivity index (χ4n) is 5.07. The van der Waals surface area contributed by atoms with E-state index >= 15 is 0 Å². The fraction of sp³-hybridized carbons (Fsp3) is 0.650. The predicted molar refractivity (Wildman–Crippen MR) is 98.0 cm³/mol. The second-order valence-electron chi connectivity index (χ2n) is 7.84. The highest BCUT2D eigenvalue weighted by Crippen LogP contribution is 2.50. The zero-order valence-corrected chi connectivity index (χ0v) is 15.4. The summed E-state index contributed by atoms with van der Waals surface area (Å²) in [6.07, 6.45) is 8.03. The van der Waals surface area contributed by atoms with Crippen molar-refractivity contribution in [3.63, 3.8) is 0 Å². The van der Waals surface area contributed by atoms with Gasteiger partial charge in [-0.1, -0.05) is 6.42 Å². The van der Waals surface area contributed by atoms with Gasteiger partial charge in [-0.05, 0) is 50.2 Å². The van der Waals surface area contributed by atoms with Crippen molar-refractivity contribution in [2.45, 2.75) is 38.5 Å². The molecule has 2 atom stereocenters. The molecule has 1 saturated carbocycles. The number of hydrogen-bond donors (Lipinski definition) is 0. The summed E-state index contributed by atoms with van der Waals surface area (Å²) in [5.41, 5.74) is 0.229. The van der Waals surface area contributed by atoms with E-state index in [9.17, 15) is 9.59 Å². The van der Waals surface area contributed by atoms with Crippen LogP contribution in [-0.4, -0.2) is 55.0 Å². The number of anilines is 1. The average molecular weight is 357 g/mol. The van der Waals surface area contributed by atoms with Gasteiger partial charge >= 0.3 is 5.97 Å². The number of hydrogen-bond acceptors (Lipinski definition) is 5. The smallest absolute Gasteiger partial charge is 0.313 e. The molecular formula is C20H27N3O3. The van der Waals surface area contributed by atoms with Crippen LogP contribution in [0.4, 0.5) is 5.82 Å². The first-order valence-corrected chi connectivity index (χ1v) is 9.73. The van der Waals surface area contributed by atoms with Gasteiger partial charge in [0.2, 0.25) is 0 Å². The molecule has 6 heteroatoms. The summed E-state index contributed by atoms with van der Waals surface area (Å²) in [5.74, 6) is 0.968. The molecule has 26 heavy (non-hydrogen) atoms. The number of likely N-dealkylation sites (tertiary alicyclic amines) is 1. The van der Waals surface area contributed by atoms with Crippen molar-refractivity contribution < 1.29 is 14.3 Å². The Hall–Kier alpha value is -2.11. The first-order valence-electron chi connectivity index (χ1n) is 9.73. The molecule has 0 bridgehead atoms. The maximum absolute atomic E-state index is 13.1. The second kappa shape index (κ2) is 6.89. The van der Waals surface area contributed by atoms with Crippen molar-refractivity contribution in [3.8, 4) is 0 Å². The lowest BCUT2D eigenvalue weighted by Crippen LogP contribution is -2.38. The first-order chi connectivity index (χ1) is 12.7. The quantitative estimate of drug-likeness (QED) is 0.778. The van der Waals surface area contributed by atoms with Crippen molar-refractivity contribution in [1.82, 2.24) is 9.88 Å². The minimum atomic E-state index is -0.433. The van der Waals surface area contributed by atoms with E-state index in [1.54, 1.807) is 6.20 Å². The van der Waals surface area contributed by atoms with Gasteiger partial charge in [-0.3, -0.25) is 9.59 Å². The van der Waals surface area contributed by atoms with Crippen molar-refractivity contribution in [2.24, 2.45) is 11.3 Å². The molecule has 0 aromatic carbocycles. The maximum Gasteiger partial charge on any atom is 0.313 e. The van der Waals surface area contributed by atoms with Crippen LogP contribution in [0.1, 0.15) is 48.9 Å². The van der Waals surface area contributed by atoms with Gasteiger partial charge in [-0.25, -0.2) is 4.98 Å². The zero-order valence-electron chi connectivity index (χ0n) is 15.4. The summed E-state index contributed by atoms with van der Waals surface area (Å²) >= 11 is 0. The lowest BCUT2D eigenvalue weighted by Gasteiger charge is -2.29. The normalized spacial score (nSPS) is 28.1. The Morgan fingerprint density at radius 2 is 2.04 bits per heavy atom. The third-order valence-corrected chi connectivity index (χ3v) is 6.42. The third kappa shape index (κ3) is 2.75. The van der Waals surface area contributed by atoms with E-state index in [-0.39, 0.29) is 17.8 Å². The topological polar surface area (TPSA) is 62.7 Å². The lowest BCUT2D eigenvalue weighted by molar-refractivity contribution is -0.152. The summed E-state index contributed by atoms with van der Waals surface area (Å²) < 4.78 is 5.13. The van der Waals surface area contributed by atoms with Crippen LogP contribution in [0.2, 0.25) is 0 Å². The van der Waals surface area contributed by atoms with Crippen LogP contribution in [-0.2, 0) is 9.53 Å². The van der Waals surface area contributed by atoms with Crippen LogP contribution >= 0.6 is 0 Å². The molecular weight excluding hydrogens is 330 g/mol. The number of nitrogens with zero attached hydrogens (tertiary/aromatic N) is 3. The molecule has 140 valence electrons. The van der Waals surface area contributed by atoms with Gasteiger partial charge in [0.15, 0.2) is 0 Å². The molecule has 3 aliphatic rings. The number of methoxy groups -OCH3 is 1. The molecule has 2 aliphatic heterocycles. The number of ether oxygens (including phenoxy) is 1. The highest BCUT2D eigenvalue weighted by Gasteiger charge is 2.56. The molecule has 3 heterocycles. The Bertz CT molecular complexity index is 701. The number of aromatic nitrogens is 1. The van der Waals surface area contributed by atoms with Gasteiger partial charge in [0.1, 0.15) is 5.82 Å². The van der Waals surface area contributed by atoms with E-state index in [2.05, 4.69) is 9.88 Å². The fourth-order valence-corrected chi connectivity index (χ4v) is 5.07. The molecule has 1 aromatic rings. The zero-order chi connectivity index (χ0) is 18.1. The number of carbonyl (C=O) groups is 2. The third-order valence-electron chi connectivity index (χ3n) is 6.42. The second-order valence-corrected chi connectivity index (χ2v) is 7.84. The number of rotatable bonds is 3. The van der Waals surface area contributed by atoms with E-state index in [1.165, 1.54) is 13.5 Å². The minimum Gasteiger partial charge on any atom is -0.469 e. The van der Waals surface area contributed by atoms with Gasteiger partial charge in [-0.15, -0.1) is 0 Å². The number of fused-ring (bicyclic) bond motifs is 1. The SMILES string of the molecule is COC(=O)C12CCCC1CN(c1ncccc1C(=O)N1CCCCC1)C2. The van der Waals surface area contributed by atoms with Crippen molar-refractivity contribution in [2.75, 3.05) is 38.2 Å². The highest BCUT2D eigenvalue weighted by molar-refractivity contribution is 5.99. The number of esters is 1. The molecule has 0 N–H and O–H groups in total. The molecule has 2 saturated heterocycles. The molecule has 1 amide bonds. The predicted octanol–water partition coefficient (Wildman–Crippen LogP) is 2.49. The van der Waals surface area contributed by atoms with Gasteiger partial charge in [0.05, 0.1) is 18.1 Å². The molecule has 1 aromatic heterocycles. The van der Waals surface area contributed by atoms with Gasteiger partial charge in [0, 0.05) is 32.4 Å². The number of carbonyl (C=O) groups excluding carboxylic acids is 2. The summed E-state index contributed by atoms with van der Waals surface area (Å²) in [6, 6.07) is 3.70. The van der Waals surface area contributed by atoms with Crippen molar-refractivity contribution in [1.29, 1.82) is 0 Å².